The Morgan fingerprint density at radius 3 is 2.24 bits per heavy atom. The molecule has 3 heteroatoms. The zero-order valence-corrected chi connectivity index (χ0v) is 11.0. The average Bonchev–Trinajstić information content (AvgIpc) is 2.29. The monoisotopic (exact) mass is 235 g/mol. The number of carbonyl (C=O) groups is 1. The van der Waals surface area contributed by atoms with Crippen molar-refractivity contribution in [1.82, 2.24) is 4.90 Å². The van der Waals surface area contributed by atoms with Gasteiger partial charge in [-0.3, -0.25) is 9.69 Å². The third-order valence-corrected chi connectivity index (χ3v) is 3.26. The van der Waals surface area contributed by atoms with Crippen molar-refractivity contribution in [3.63, 3.8) is 0 Å². The fourth-order valence-corrected chi connectivity index (χ4v) is 2.03. The number of nitrogens with zero attached hydrogens (tertiary/aromatic N) is 1. The highest BCUT2D eigenvalue weighted by Crippen LogP contribution is 2.23. The molecule has 94 valence electrons. The van der Waals surface area contributed by atoms with E-state index in [9.17, 15) is 9.90 Å². The number of benzene rings is 1. The standard InChI is InChI=1S/C14H21NO2/c1-5-15(6-2)13(14(16)17)12-8-7-10(3)11(4)9-12/h7-9,13H,5-6H2,1-4H3,(H,16,17). The van der Waals surface area contributed by atoms with Crippen LogP contribution >= 0.6 is 0 Å². The van der Waals surface area contributed by atoms with Gasteiger partial charge in [0.25, 0.3) is 0 Å². The molecule has 0 amide bonds. The summed E-state index contributed by atoms with van der Waals surface area (Å²) in [5.74, 6) is -0.781. The number of carboxylic acids is 1. The molecular formula is C14H21NO2. The van der Waals surface area contributed by atoms with Crippen LogP contribution in [-0.2, 0) is 4.79 Å². The first-order valence-electron chi connectivity index (χ1n) is 6.05. The fraction of sp³-hybridized carbons (Fsp3) is 0.500. The van der Waals surface area contributed by atoms with Gasteiger partial charge in [0, 0.05) is 0 Å². The Balaban J connectivity index is 3.13. The summed E-state index contributed by atoms with van der Waals surface area (Å²) in [5, 5.41) is 9.38. The van der Waals surface area contributed by atoms with Crippen LogP contribution in [-0.4, -0.2) is 29.1 Å². The molecule has 0 aliphatic heterocycles. The number of hydrogen-bond acceptors (Lipinski definition) is 2. The van der Waals surface area contributed by atoms with Gasteiger partial charge in [0.15, 0.2) is 0 Å². The Bertz CT molecular complexity index is 397. The van der Waals surface area contributed by atoms with Crippen LogP contribution in [0.1, 0.15) is 36.6 Å². The SMILES string of the molecule is CCN(CC)C(C(=O)O)c1ccc(C)c(C)c1. The number of aryl methyl sites for hydroxylation is 2. The van der Waals surface area contributed by atoms with Crippen molar-refractivity contribution in [2.75, 3.05) is 13.1 Å². The average molecular weight is 235 g/mol. The minimum Gasteiger partial charge on any atom is -0.480 e. The summed E-state index contributed by atoms with van der Waals surface area (Å²) in [7, 11) is 0. The van der Waals surface area contributed by atoms with Crippen LogP contribution in [0.4, 0.5) is 0 Å². The molecule has 1 N–H and O–H groups in total. The molecule has 0 bridgehead atoms. The second-order valence-electron chi connectivity index (χ2n) is 4.31. The predicted octanol–water partition coefficient (Wildman–Crippen LogP) is 2.77. The van der Waals surface area contributed by atoms with E-state index in [1.54, 1.807) is 0 Å². The minimum absolute atomic E-state index is 0.538. The van der Waals surface area contributed by atoms with Gasteiger partial charge in [-0.25, -0.2) is 0 Å². The molecule has 17 heavy (non-hydrogen) atoms. The number of rotatable bonds is 5. The molecule has 0 aliphatic rings. The zero-order valence-electron chi connectivity index (χ0n) is 11.0. The third-order valence-electron chi connectivity index (χ3n) is 3.26. The summed E-state index contributed by atoms with van der Waals surface area (Å²) in [4.78, 5) is 13.4. The third kappa shape index (κ3) is 3.07. The first-order valence-corrected chi connectivity index (χ1v) is 6.05. The quantitative estimate of drug-likeness (QED) is 0.853. The van der Waals surface area contributed by atoms with E-state index in [0.29, 0.717) is 0 Å². The van der Waals surface area contributed by atoms with Gasteiger partial charge < -0.3 is 5.11 Å². The smallest absolute Gasteiger partial charge is 0.325 e. The van der Waals surface area contributed by atoms with Crippen molar-refractivity contribution in [2.45, 2.75) is 33.7 Å². The van der Waals surface area contributed by atoms with Gasteiger partial charge in [-0.15, -0.1) is 0 Å². The van der Waals surface area contributed by atoms with Crippen molar-refractivity contribution in [3.8, 4) is 0 Å². The summed E-state index contributed by atoms with van der Waals surface area (Å²) in [5.41, 5.74) is 3.20. The Kier molecular flexibility index (Phi) is 4.70. The summed E-state index contributed by atoms with van der Waals surface area (Å²) in [6.45, 7) is 9.49. The number of carboxylic acid groups (broad SMARTS) is 1. The van der Waals surface area contributed by atoms with Gasteiger partial charge in [0.05, 0.1) is 0 Å². The van der Waals surface area contributed by atoms with E-state index in [4.69, 9.17) is 0 Å². The largest absolute Gasteiger partial charge is 0.480 e. The highest BCUT2D eigenvalue weighted by molar-refractivity contribution is 5.75. The molecule has 0 heterocycles. The van der Waals surface area contributed by atoms with Crippen LogP contribution in [0, 0.1) is 13.8 Å². The molecule has 1 atom stereocenters. The fourth-order valence-electron chi connectivity index (χ4n) is 2.03. The lowest BCUT2D eigenvalue weighted by Gasteiger charge is -2.26. The lowest BCUT2D eigenvalue weighted by Crippen LogP contribution is -2.33. The number of aliphatic carboxylic acids is 1. The first-order chi connectivity index (χ1) is 8.01. The van der Waals surface area contributed by atoms with E-state index in [0.717, 1.165) is 24.2 Å². The lowest BCUT2D eigenvalue weighted by molar-refractivity contribution is -0.143. The maximum Gasteiger partial charge on any atom is 0.325 e. The van der Waals surface area contributed by atoms with Gasteiger partial charge in [0.2, 0.25) is 0 Å². The Morgan fingerprint density at radius 2 is 1.82 bits per heavy atom. The van der Waals surface area contributed by atoms with E-state index in [1.807, 2.05) is 50.8 Å². The highest BCUT2D eigenvalue weighted by atomic mass is 16.4. The zero-order chi connectivity index (χ0) is 13.0. The molecule has 0 saturated heterocycles. The van der Waals surface area contributed by atoms with Crippen LogP contribution in [0.25, 0.3) is 0 Å². The van der Waals surface area contributed by atoms with Gasteiger partial charge in [-0.1, -0.05) is 32.0 Å². The van der Waals surface area contributed by atoms with E-state index in [-0.39, 0.29) is 0 Å². The summed E-state index contributed by atoms with van der Waals surface area (Å²) in [6, 6.07) is 5.35. The van der Waals surface area contributed by atoms with Crippen LogP contribution in [0.5, 0.6) is 0 Å². The topological polar surface area (TPSA) is 40.5 Å². The van der Waals surface area contributed by atoms with Gasteiger partial charge in [-0.05, 0) is 43.6 Å². The molecule has 1 aromatic rings. The van der Waals surface area contributed by atoms with Crippen molar-refractivity contribution in [3.05, 3.63) is 34.9 Å². The maximum absolute atomic E-state index is 11.4. The van der Waals surface area contributed by atoms with Crippen LogP contribution < -0.4 is 0 Å². The summed E-state index contributed by atoms with van der Waals surface area (Å²) in [6.07, 6.45) is 0. The minimum atomic E-state index is -0.781. The van der Waals surface area contributed by atoms with Crippen molar-refractivity contribution < 1.29 is 9.90 Å². The summed E-state index contributed by atoms with van der Waals surface area (Å²) < 4.78 is 0. The molecule has 1 rings (SSSR count). The number of likely N-dealkylation sites (N-methyl/N-ethyl adjacent to an activating group) is 1. The maximum atomic E-state index is 11.4. The van der Waals surface area contributed by atoms with Crippen LogP contribution in [0.15, 0.2) is 18.2 Å². The lowest BCUT2D eigenvalue weighted by atomic mass is 10.00. The molecule has 1 unspecified atom stereocenters. The molecule has 3 nitrogen and oxygen atoms in total. The highest BCUT2D eigenvalue weighted by Gasteiger charge is 2.25. The summed E-state index contributed by atoms with van der Waals surface area (Å²) >= 11 is 0. The van der Waals surface area contributed by atoms with E-state index in [2.05, 4.69) is 0 Å². The van der Waals surface area contributed by atoms with Crippen LogP contribution in [0.2, 0.25) is 0 Å². The van der Waals surface area contributed by atoms with E-state index < -0.39 is 12.0 Å². The van der Waals surface area contributed by atoms with Crippen LogP contribution in [0.3, 0.4) is 0 Å². The first kappa shape index (κ1) is 13.7. The second kappa shape index (κ2) is 5.82. The second-order valence-corrected chi connectivity index (χ2v) is 4.31. The van der Waals surface area contributed by atoms with Gasteiger partial charge in [-0.2, -0.15) is 0 Å². The van der Waals surface area contributed by atoms with E-state index in [1.165, 1.54) is 5.56 Å². The molecule has 0 spiro atoms. The predicted molar refractivity (Wildman–Crippen MR) is 69.2 cm³/mol. The van der Waals surface area contributed by atoms with Gasteiger partial charge >= 0.3 is 5.97 Å². The normalized spacial score (nSPS) is 12.8. The van der Waals surface area contributed by atoms with Gasteiger partial charge in [0.1, 0.15) is 6.04 Å². The number of hydrogen-bond donors (Lipinski definition) is 1. The van der Waals surface area contributed by atoms with Crippen molar-refractivity contribution in [2.24, 2.45) is 0 Å². The molecular weight excluding hydrogens is 214 g/mol. The Morgan fingerprint density at radius 1 is 1.24 bits per heavy atom. The molecule has 0 aromatic heterocycles. The molecule has 0 saturated carbocycles. The van der Waals surface area contributed by atoms with E-state index >= 15 is 0 Å². The van der Waals surface area contributed by atoms with Crippen molar-refractivity contribution in [1.29, 1.82) is 0 Å². The molecule has 0 fully saturated rings. The molecule has 1 aromatic carbocycles. The Labute approximate surface area is 103 Å². The Hall–Kier alpha value is -1.35. The van der Waals surface area contributed by atoms with Crippen molar-refractivity contribution >= 4 is 5.97 Å². The molecule has 0 radical (unpaired) electrons. The molecule has 0 aliphatic carbocycles.